The zero-order chi connectivity index (χ0) is 21.4. The van der Waals surface area contributed by atoms with Gasteiger partial charge in [-0.15, -0.1) is 0 Å². The summed E-state index contributed by atoms with van der Waals surface area (Å²) in [6.07, 6.45) is 3.19. The quantitative estimate of drug-likeness (QED) is 0.703. The van der Waals surface area contributed by atoms with Crippen molar-refractivity contribution in [2.24, 2.45) is 7.05 Å². The van der Waals surface area contributed by atoms with Gasteiger partial charge in [0.25, 0.3) is 17.4 Å². The number of pyridine rings is 1. The molecule has 0 atom stereocenters. The number of amides is 2. The minimum atomic E-state index is -0.464. The van der Waals surface area contributed by atoms with Crippen LogP contribution in [0.1, 0.15) is 42.6 Å². The third-order valence-corrected chi connectivity index (χ3v) is 4.43. The first-order valence-electron chi connectivity index (χ1n) is 9.85. The number of nitrogens with zero attached hydrogens (tertiary/aromatic N) is 2. The van der Waals surface area contributed by atoms with Crippen LogP contribution < -0.4 is 15.6 Å². The zero-order valence-electron chi connectivity index (χ0n) is 17.5. The van der Waals surface area contributed by atoms with Gasteiger partial charge in [0.05, 0.1) is 5.56 Å². The van der Waals surface area contributed by atoms with E-state index in [4.69, 9.17) is 4.74 Å². The Morgan fingerprint density at radius 2 is 1.79 bits per heavy atom. The number of hydrogen-bond donors (Lipinski definition) is 1. The molecule has 0 aliphatic carbocycles. The van der Waals surface area contributed by atoms with Crippen LogP contribution in [0.5, 0.6) is 5.75 Å². The monoisotopic (exact) mass is 399 g/mol. The zero-order valence-corrected chi connectivity index (χ0v) is 17.5. The van der Waals surface area contributed by atoms with E-state index in [2.05, 4.69) is 5.32 Å². The normalized spacial score (nSPS) is 10.5. The summed E-state index contributed by atoms with van der Waals surface area (Å²) in [5, 5.41) is 2.57. The smallest absolute Gasteiger partial charge is 0.274 e. The van der Waals surface area contributed by atoms with Crippen molar-refractivity contribution in [3.05, 3.63) is 58.0 Å². The Balaban J connectivity index is 2.16. The highest BCUT2D eigenvalue weighted by molar-refractivity contribution is 5.97. The lowest BCUT2D eigenvalue weighted by atomic mass is 10.2. The second-order valence-corrected chi connectivity index (χ2v) is 6.95. The molecule has 0 unspecified atom stereocenters. The van der Waals surface area contributed by atoms with Crippen molar-refractivity contribution >= 4 is 17.5 Å². The first kappa shape index (κ1) is 22.2. The van der Waals surface area contributed by atoms with Crippen molar-refractivity contribution in [1.82, 2.24) is 9.47 Å². The average molecular weight is 399 g/mol. The van der Waals surface area contributed by atoms with E-state index in [0.29, 0.717) is 24.4 Å². The second kappa shape index (κ2) is 10.5. The van der Waals surface area contributed by atoms with Crippen LogP contribution in [0.25, 0.3) is 0 Å². The van der Waals surface area contributed by atoms with Crippen LogP contribution >= 0.6 is 0 Å². The fraction of sp³-hybridized carbons (Fsp3) is 0.409. The topological polar surface area (TPSA) is 80.6 Å². The van der Waals surface area contributed by atoms with Crippen molar-refractivity contribution in [2.45, 2.75) is 33.6 Å². The first-order valence-corrected chi connectivity index (χ1v) is 9.85. The van der Waals surface area contributed by atoms with E-state index in [0.717, 1.165) is 18.4 Å². The number of aromatic nitrogens is 1. The lowest BCUT2D eigenvalue weighted by molar-refractivity contribution is -0.118. The second-order valence-electron chi connectivity index (χ2n) is 6.95. The van der Waals surface area contributed by atoms with E-state index in [-0.39, 0.29) is 23.8 Å². The van der Waals surface area contributed by atoms with Gasteiger partial charge in [0.15, 0.2) is 6.61 Å². The summed E-state index contributed by atoms with van der Waals surface area (Å²) in [5.41, 5.74) is 0.952. The number of ether oxygens (including phenoxy) is 1. The molecule has 2 amide bonds. The largest absolute Gasteiger partial charge is 0.483 e. The molecule has 0 aliphatic rings. The average Bonchev–Trinajstić information content (AvgIpc) is 2.70. The van der Waals surface area contributed by atoms with Crippen molar-refractivity contribution < 1.29 is 14.3 Å². The Kier molecular flexibility index (Phi) is 8.00. The number of benzene rings is 1. The molecule has 0 saturated heterocycles. The number of carbonyl (C=O) groups excluding carboxylic acids is 2. The minimum Gasteiger partial charge on any atom is -0.483 e. The van der Waals surface area contributed by atoms with E-state index in [1.165, 1.54) is 16.8 Å². The summed E-state index contributed by atoms with van der Waals surface area (Å²) in [6.45, 7) is 6.96. The molecule has 156 valence electrons. The lowest BCUT2D eigenvalue weighted by Crippen LogP contribution is -2.34. The van der Waals surface area contributed by atoms with Crippen LogP contribution in [0, 0.1) is 6.92 Å². The molecule has 7 nitrogen and oxygen atoms in total. The van der Waals surface area contributed by atoms with Gasteiger partial charge in [0.2, 0.25) is 0 Å². The summed E-state index contributed by atoms with van der Waals surface area (Å²) in [7, 11) is 1.56. The maximum absolute atomic E-state index is 12.8. The van der Waals surface area contributed by atoms with Gasteiger partial charge in [0.1, 0.15) is 11.4 Å². The Bertz CT molecular complexity index is 915. The molecule has 1 aromatic heterocycles. The molecular weight excluding hydrogens is 370 g/mol. The maximum Gasteiger partial charge on any atom is 0.274 e. The van der Waals surface area contributed by atoms with Gasteiger partial charge in [-0.05, 0) is 37.5 Å². The fourth-order valence-corrected chi connectivity index (χ4v) is 3.00. The summed E-state index contributed by atoms with van der Waals surface area (Å²) >= 11 is 0. The molecule has 1 N–H and O–H groups in total. The van der Waals surface area contributed by atoms with Crippen LogP contribution in [-0.2, 0) is 11.8 Å². The Labute approximate surface area is 171 Å². The molecule has 0 aliphatic heterocycles. The molecule has 7 heteroatoms. The van der Waals surface area contributed by atoms with Crippen molar-refractivity contribution in [2.75, 3.05) is 25.0 Å². The lowest BCUT2D eigenvalue weighted by Gasteiger charge is -2.22. The first-order chi connectivity index (χ1) is 13.9. The number of carbonyl (C=O) groups is 2. The SMILES string of the molecule is CCCN(CCC)C(=O)c1cc(NC(=O)COc2ccccc2C)c(=O)n(C)c1. The number of hydrogen-bond acceptors (Lipinski definition) is 4. The predicted molar refractivity (Wildman–Crippen MR) is 113 cm³/mol. The van der Waals surface area contributed by atoms with Crippen molar-refractivity contribution in [3.8, 4) is 5.75 Å². The third kappa shape index (κ3) is 5.94. The highest BCUT2D eigenvalue weighted by Crippen LogP contribution is 2.16. The molecule has 0 spiro atoms. The van der Waals surface area contributed by atoms with Crippen LogP contribution in [0.3, 0.4) is 0 Å². The molecule has 0 fully saturated rings. The summed E-state index contributed by atoms with van der Waals surface area (Å²) in [6, 6.07) is 8.81. The summed E-state index contributed by atoms with van der Waals surface area (Å²) < 4.78 is 6.83. The molecule has 1 aromatic carbocycles. The van der Waals surface area contributed by atoms with Crippen molar-refractivity contribution in [3.63, 3.8) is 0 Å². The fourth-order valence-electron chi connectivity index (χ4n) is 3.00. The molecule has 0 saturated carbocycles. The van der Waals surface area contributed by atoms with Crippen LogP contribution in [0.2, 0.25) is 0 Å². The Morgan fingerprint density at radius 3 is 2.41 bits per heavy atom. The predicted octanol–water partition coefficient (Wildman–Crippen LogP) is 2.97. The molecule has 2 rings (SSSR count). The Morgan fingerprint density at radius 1 is 1.14 bits per heavy atom. The number of anilines is 1. The molecule has 2 aromatic rings. The van der Waals surface area contributed by atoms with E-state index in [1.807, 2.05) is 39.0 Å². The van der Waals surface area contributed by atoms with E-state index in [9.17, 15) is 14.4 Å². The van der Waals surface area contributed by atoms with Gasteiger partial charge in [0, 0.05) is 26.3 Å². The van der Waals surface area contributed by atoms with Gasteiger partial charge in [-0.3, -0.25) is 14.4 Å². The van der Waals surface area contributed by atoms with Gasteiger partial charge in [-0.25, -0.2) is 0 Å². The van der Waals surface area contributed by atoms with Crippen LogP contribution in [-0.4, -0.2) is 41.0 Å². The van der Waals surface area contributed by atoms with Crippen molar-refractivity contribution in [1.29, 1.82) is 0 Å². The Hall–Kier alpha value is -3.09. The molecule has 0 bridgehead atoms. The van der Waals surface area contributed by atoms with E-state index >= 15 is 0 Å². The number of nitrogens with one attached hydrogen (secondary N) is 1. The van der Waals surface area contributed by atoms with Gasteiger partial charge < -0.3 is 19.5 Å². The summed E-state index contributed by atoms with van der Waals surface area (Å²) in [5.74, 6) is -0.0147. The standard InChI is InChI=1S/C22H29N3O4/c1-5-11-25(12-6-2)21(27)17-13-18(22(28)24(4)14-17)23-20(26)15-29-19-10-8-7-9-16(19)3/h7-10,13-14H,5-6,11-12,15H2,1-4H3,(H,23,26). The van der Waals surface area contributed by atoms with Gasteiger partial charge >= 0.3 is 0 Å². The summed E-state index contributed by atoms with van der Waals surface area (Å²) in [4.78, 5) is 39.3. The minimum absolute atomic E-state index is 0.0599. The highest BCUT2D eigenvalue weighted by Gasteiger charge is 2.18. The van der Waals surface area contributed by atoms with Crippen LogP contribution in [0.4, 0.5) is 5.69 Å². The highest BCUT2D eigenvalue weighted by atomic mass is 16.5. The molecule has 1 heterocycles. The maximum atomic E-state index is 12.8. The third-order valence-electron chi connectivity index (χ3n) is 4.43. The van der Waals surface area contributed by atoms with Gasteiger partial charge in [-0.2, -0.15) is 0 Å². The molecule has 29 heavy (non-hydrogen) atoms. The van der Waals surface area contributed by atoms with E-state index in [1.54, 1.807) is 18.0 Å². The number of rotatable bonds is 9. The molecular formula is C22H29N3O4. The van der Waals surface area contributed by atoms with Crippen LogP contribution in [0.15, 0.2) is 41.3 Å². The van der Waals surface area contributed by atoms with E-state index < -0.39 is 5.91 Å². The number of para-hydroxylation sites is 1. The van der Waals surface area contributed by atoms with Gasteiger partial charge in [-0.1, -0.05) is 32.0 Å². The number of aryl methyl sites for hydroxylation is 2. The molecule has 0 radical (unpaired) electrons.